The zero-order valence-electron chi connectivity index (χ0n) is 15.4. The van der Waals surface area contributed by atoms with Crippen molar-refractivity contribution in [2.24, 2.45) is 0 Å². The lowest BCUT2D eigenvalue weighted by molar-refractivity contribution is 0.0740. The summed E-state index contributed by atoms with van der Waals surface area (Å²) in [5, 5.41) is 3.43. The number of carbonyl (C=O) groups is 1. The van der Waals surface area contributed by atoms with E-state index in [1.807, 2.05) is 4.90 Å². The molecule has 0 spiro atoms. The molecule has 1 N–H and O–H groups in total. The van der Waals surface area contributed by atoms with E-state index >= 15 is 0 Å². The maximum Gasteiger partial charge on any atom is 0.274 e. The molecular weight excluding hydrogens is 342 g/mol. The lowest BCUT2D eigenvalue weighted by atomic mass is 9.96. The number of nitrogens with one attached hydrogen (secondary N) is 1. The third-order valence-corrected chi connectivity index (χ3v) is 5.23. The quantitative estimate of drug-likeness (QED) is 0.884. The lowest BCUT2D eigenvalue weighted by Gasteiger charge is -2.34. The first kappa shape index (κ1) is 17.6. The van der Waals surface area contributed by atoms with Gasteiger partial charge in [-0.05, 0) is 18.9 Å². The molecule has 0 bridgehead atoms. The van der Waals surface area contributed by atoms with Gasteiger partial charge in [-0.25, -0.2) is 19.9 Å². The van der Waals surface area contributed by atoms with Gasteiger partial charge in [0.05, 0.1) is 12.4 Å². The molecule has 1 saturated carbocycles. The molecule has 27 heavy (non-hydrogen) atoms. The fraction of sp³-hybridized carbons (Fsp3) is 0.526. The molecule has 3 heterocycles. The molecule has 0 unspecified atom stereocenters. The molecule has 8 nitrogen and oxygen atoms in total. The van der Waals surface area contributed by atoms with E-state index < -0.39 is 0 Å². The summed E-state index contributed by atoms with van der Waals surface area (Å²) in [4.78, 5) is 33.9. The predicted molar refractivity (Wildman–Crippen MR) is 103 cm³/mol. The number of carbonyl (C=O) groups excluding carboxylic acids is 1. The lowest BCUT2D eigenvalue weighted by Crippen LogP contribution is -2.49. The summed E-state index contributed by atoms with van der Waals surface area (Å²) in [6.07, 6.45) is 12.9. The van der Waals surface area contributed by atoms with Gasteiger partial charge in [0.2, 0.25) is 5.95 Å². The Morgan fingerprint density at radius 1 is 0.926 bits per heavy atom. The number of aromatic nitrogens is 4. The minimum Gasteiger partial charge on any atom is -0.366 e. The van der Waals surface area contributed by atoms with Gasteiger partial charge in [0.1, 0.15) is 11.5 Å². The number of nitrogens with zero attached hydrogens (tertiary/aromatic N) is 6. The molecule has 2 fully saturated rings. The molecule has 142 valence electrons. The first-order valence-corrected chi connectivity index (χ1v) is 9.69. The Morgan fingerprint density at radius 3 is 2.33 bits per heavy atom. The Balaban J connectivity index is 1.32. The van der Waals surface area contributed by atoms with Gasteiger partial charge < -0.3 is 15.1 Å². The van der Waals surface area contributed by atoms with Crippen LogP contribution in [0.25, 0.3) is 0 Å². The van der Waals surface area contributed by atoms with Gasteiger partial charge in [-0.3, -0.25) is 4.79 Å². The van der Waals surface area contributed by atoms with Crippen LogP contribution in [0.3, 0.4) is 0 Å². The van der Waals surface area contributed by atoms with Crippen LogP contribution in [0.1, 0.15) is 42.6 Å². The number of anilines is 2. The Kier molecular flexibility index (Phi) is 5.41. The number of piperazine rings is 1. The monoisotopic (exact) mass is 367 g/mol. The molecule has 0 atom stereocenters. The topological polar surface area (TPSA) is 87.1 Å². The largest absolute Gasteiger partial charge is 0.366 e. The van der Waals surface area contributed by atoms with Gasteiger partial charge in [0.15, 0.2) is 0 Å². The van der Waals surface area contributed by atoms with Crippen LogP contribution in [0.4, 0.5) is 11.8 Å². The third kappa shape index (κ3) is 4.32. The van der Waals surface area contributed by atoms with Crippen LogP contribution in [0.15, 0.2) is 30.9 Å². The normalized spacial score (nSPS) is 18.4. The molecule has 1 amide bonds. The molecule has 1 aliphatic carbocycles. The summed E-state index contributed by atoms with van der Waals surface area (Å²) in [5.74, 6) is 1.40. The number of hydrogen-bond donors (Lipinski definition) is 1. The highest BCUT2D eigenvalue weighted by molar-refractivity contribution is 5.92. The van der Waals surface area contributed by atoms with Crippen molar-refractivity contribution >= 4 is 17.7 Å². The van der Waals surface area contributed by atoms with Crippen LogP contribution < -0.4 is 10.2 Å². The van der Waals surface area contributed by atoms with Crippen LogP contribution in [-0.4, -0.2) is 63.0 Å². The van der Waals surface area contributed by atoms with Crippen molar-refractivity contribution in [3.63, 3.8) is 0 Å². The number of hydrogen-bond acceptors (Lipinski definition) is 7. The van der Waals surface area contributed by atoms with Crippen molar-refractivity contribution in [3.8, 4) is 0 Å². The van der Waals surface area contributed by atoms with Crippen molar-refractivity contribution in [3.05, 3.63) is 36.5 Å². The average Bonchev–Trinajstić information content (AvgIpc) is 2.75. The van der Waals surface area contributed by atoms with E-state index in [0.29, 0.717) is 43.9 Å². The molecule has 4 rings (SSSR count). The van der Waals surface area contributed by atoms with E-state index in [0.717, 1.165) is 5.82 Å². The Morgan fingerprint density at radius 2 is 1.67 bits per heavy atom. The summed E-state index contributed by atoms with van der Waals surface area (Å²) in [6.45, 7) is 2.68. The van der Waals surface area contributed by atoms with Crippen molar-refractivity contribution < 1.29 is 4.79 Å². The fourth-order valence-electron chi connectivity index (χ4n) is 3.70. The van der Waals surface area contributed by atoms with Gasteiger partial charge in [-0.2, -0.15) is 0 Å². The van der Waals surface area contributed by atoms with Crippen molar-refractivity contribution in [2.45, 2.75) is 38.1 Å². The third-order valence-electron chi connectivity index (χ3n) is 5.23. The molecule has 0 aromatic carbocycles. The van der Waals surface area contributed by atoms with Crippen LogP contribution in [0.5, 0.6) is 0 Å². The minimum absolute atomic E-state index is 0.0691. The second-order valence-corrected chi connectivity index (χ2v) is 7.09. The van der Waals surface area contributed by atoms with Crippen LogP contribution >= 0.6 is 0 Å². The summed E-state index contributed by atoms with van der Waals surface area (Å²) in [5.41, 5.74) is 0.397. The second kappa shape index (κ2) is 8.28. The van der Waals surface area contributed by atoms with E-state index in [2.05, 4.69) is 30.2 Å². The zero-order chi connectivity index (χ0) is 18.5. The Labute approximate surface area is 159 Å². The van der Waals surface area contributed by atoms with Gasteiger partial charge in [-0.1, -0.05) is 19.3 Å². The smallest absolute Gasteiger partial charge is 0.274 e. The Hall–Kier alpha value is -2.77. The Bertz CT molecular complexity index is 738. The van der Waals surface area contributed by atoms with Gasteiger partial charge in [0, 0.05) is 44.6 Å². The molecule has 2 aromatic heterocycles. The van der Waals surface area contributed by atoms with Crippen molar-refractivity contribution in [1.82, 2.24) is 24.8 Å². The fourth-order valence-corrected chi connectivity index (χ4v) is 3.70. The van der Waals surface area contributed by atoms with Gasteiger partial charge in [0.25, 0.3) is 5.91 Å². The summed E-state index contributed by atoms with van der Waals surface area (Å²) < 4.78 is 0. The molecular formula is C19H25N7O. The maximum atomic E-state index is 12.7. The molecule has 1 saturated heterocycles. The van der Waals surface area contributed by atoms with E-state index in [-0.39, 0.29) is 5.91 Å². The predicted octanol–water partition coefficient (Wildman–Crippen LogP) is 1.97. The number of amides is 1. The van der Waals surface area contributed by atoms with Crippen molar-refractivity contribution in [2.75, 3.05) is 36.4 Å². The second-order valence-electron chi connectivity index (χ2n) is 7.09. The highest BCUT2D eigenvalue weighted by atomic mass is 16.2. The van der Waals surface area contributed by atoms with Crippen LogP contribution in [0.2, 0.25) is 0 Å². The first-order chi connectivity index (χ1) is 13.3. The summed E-state index contributed by atoms with van der Waals surface area (Å²) >= 11 is 0. The van der Waals surface area contributed by atoms with E-state index in [9.17, 15) is 4.79 Å². The number of rotatable bonds is 4. The molecule has 2 aromatic rings. The summed E-state index contributed by atoms with van der Waals surface area (Å²) in [6, 6.07) is 2.28. The highest BCUT2D eigenvalue weighted by Crippen LogP contribution is 2.20. The average molecular weight is 367 g/mol. The minimum atomic E-state index is -0.0691. The summed E-state index contributed by atoms with van der Waals surface area (Å²) in [7, 11) is 0. The zero-order valence-corrected chi connectivity index (χ0v) is 15.4. The SMILES string of the molecule is O=C(c1cnc(NC2CCCCC2)cn1)N1CCN(c2ncccn2)CC1. The first-order valence-electron chi connectivity index (χ1n) is 9.69. The molecule has 8 heteroatoms. The van der Waals surface area contributed by atoms with Crippen LogP contribution in [-0.2, 0) is 0 Å². The van der Waals surface area contributed by atoms with E-state index in [1.165, 1.54) is 32.1 Å². The van der Waals surface area contributed by atoms with E-state index in [1.54, 1.807) is 30.9 Å². The van der Waals surface area contributed by atoms with Gasteiger partial charge in [-0.15, -0.1) is 0 Å². The highest BCUT2D eigenvalue weighted by Gasteiger charge is 2.24. The van der Waals surface area contributed by atoms with Crippen molar-refractivity contribution in [1.29, 1.82) is 0 Å². The maximum absolute atomic E-state index is 12.7. The standard InChI is InChI=1S/C19H25N7O/c27-18(25-9-11-26(12-10-25)19-20-7-4-8-21-19)16-13-23-17(14-22-16)24-15-5-2-1-3-6-15/h4,7-8,13-15H,1-3,5-6,9-12H2,(H,23,24). The van der Waals surface area contributed by atoms with E-state index in [4.69, 9.17) is 0 Å². The van der Waals surface area contributed by atoms with Crippen LogP contribution in [0, 0.1) is 0 Å². The molecule has 2 aliphatic rings. The molecule has 0 radical (unpaired) electrons. The molecule has 1 aliphatic heterocycles. The van der Waals surface area contributed by atoms with Gasteiger partial charge >= 0.3 is 0 Å².